The van der Waals surface area contributed by atoms with Gasteiger partial charge >= 0.3 is 12.1 Å². The molecular weight excluding hydrogens is 416 g/mol. The van der Waals surface area contributed by atoms with Crippen LogP contribution in [-0.2, 0) is 22.6 Å². The summed E-state index contributed by atoms with van der Waals surface area (Å²) >= 11 is 0. The molecule has 1 heterocycles. The number of benzene rings is 3. The van der Waals surface area contributed by atoms with Crippen molar-refractivity contribution in [2.75, 3.05) is 0 Å². The Balaban J connectivity index is 1.65. The van der Waals surface area contributed by atoms with E-state index in [-0.39, 0.29) is 13.0 Å². The van der Waals surface area contributed by atoms with Gasteiger partial charge in [0, 0.05) is 23.5 Å². The first kappa shape index (κ1) is 22.1. The van der Waals surface area contributed by atoms with Crippen LogP contribution in [0.1, 0.15) is 29.7 Å². The third-order valence-electron chi connectivity index (χ3n) is 5.82. The number of para-hydroxylation sites is 1. The number of nitrogens with zero attached hydrogens (tertiary/aromatic N) is 1. The van der Waals surface area contributed by atoms with Crippen LogP contribution in [0.3, 0.4) is 0 Å². The number of carboxylic acid groups (broad SMARTS) is 1. The number of aliphatic carboxylic acids is 1. The molecule has 0 saturated heterocycles. The van der Waals surface area contributed by atoms with Gasteiger partial charge in [0.1, 0.15) is 12.6 Å². The van der Waals surface area contributed by atoms with Crippen LogP contribution in [0.5, 0.6) is 0 Å². The van der Waals surface area contributed by atoms with Crippen molar-refractivity contribution in [1.82, 2.24) is 9.88 Å². The van der Waals surface area contributed by atoms with E-state index < -0.39 is 24.1 Å². The smallest absolute Gasteiger partial charge is 0.411 e. The Labute approximate surface area is 192 Å². The van der Waals surface area contributed by atoms with Crippen LogP contribution < -0.4 is 0 Å². The van der Waals surface area contributed by atoms with Crippen molar-refractivity contribution >= 4 is 23.0 Å². The molecule has 0 fully saturated rings. The lowest BCUT2D eigenvalue weighted by Gasteiger charge is -2.33. The predicted octanol–water partition coefficient (Wildman–Crippen LogP) is 5.56. The van der Waals surface area contributed by atoms with Crippen molar-refractivity contribution in [2.24, 2.45) is 0 Å². The predicted molar refractivity (Wildman–Crippen MR) is 127 cm³/mol. The number of aromatic amines is 1. The van der Waals surface area contributed by atoms with Gasteiger partial charge in [0.15, 0.2) is 0 Å². The fraction of sp³-hybridized carbons (Fsp3) is 0.185. The van der Waals surface area contributed by atoms with Crippen molar-refractivity contribution < 1.29 is 19.4 Å². The average Bonchev–Trinajstić information content (AvgIpc) is 3.26. The SMILES string of the molecule is CC(c1ccccc1)N(C(=O)OCc1ccccc1)[C@@H](Cc1c[nH]c2ccccc12)C(=O)O. The minimum Gasteiger partial charge on any atom is -0.480 e. The Hall–Kier alpha value is -4.06. The van der Waals surface area contributed by atoms with Gasteiger partial charge < -0.3 is 14.8 Å². The highest BCUT2D eigenvalue weighted by Gasteiger charge is 2.36. The molecule has 1 aromatic heterocycles. The second-order valence-corrected chi connectivity index (χ2v) is 7.95. The van der Waals surface area contributed by atoms with E-state index in [0.29, 0.717) is 0 Å². The van der Waals surface area contributed by atoms with E-state index in [0.717, 1.165) is 27.6 Å². The van der Waals surface area contributed by atoms with Gasteiger partial charge in [0.25, 0.3) is 0 Å². The molecule has 4 rings (SSSR count). The van der Waals surface area contributed by atoms with Gasteiger partial charge in [-0.15, -0.1) is 0 Å². The zero-order valence-corrected chi connectivity index (χ0v) is 18.3. The van der Waals surface area contributed by atoms with Gasteiger partial charge in [0.2, 0.25) is 0 Å². The molecule has 33 heavy (non-hydrogen) atoms. The van der Waals surface area contributed by atoms with Crippen LogP contribution in [0.4, 0.5) is 4.79 Å². The molecule has 4 aromatic rings. The third-order valence-corrected chi connectivity index (χ3v) is 5.82. The van der Waals surface area contributed by atoms with Crippen molar-refractivity contribution in [1.29, 1.82) is 0 Å². The normalized spacial score (nSPS) is 12.8. The number of carboxylic acids is 1. The maximum absolute atomic E-state index is 13.3. The summed E-state index contributed by atoms with van der Waals surface area (Å²) in [6, 6.07) is 24.8. The number of carbonyl (C=O) groups is 2. The molecule has 3 aromatic carbocycles. The van der Waals surface area contributed by atoms with E-state index in [1.165, 1.54) is 4.90 Å². The number of amides is 1. The summed E-state index contributed by atoms with van der Waals surface area (Å²) in [6.07, 6.45) is 1.29. The van der Waals surface area contributed by atoms with Crippen LogP contribution in [0.2, 0.25) is 0 Å². The summed E-state index contributed by atoms with van der Waals surface area (Å²) in [5, 5.41) is 11.1. The van der Waals surface area contributed by atoms with Gasteiger partial charge in [-0.05, 0) is 29.7 Å². The highest BCUT2D eigenvalue weighted by atomic mass is 16.6. The molecule has 2 N–H and O–H groups in total. The van der Waals surface area contributed by atoms with E-state index in [2.05, 4.69) is 4.98 Å². The highest BCUT2D eigenvalue weighted by Crippen LogP contribution is 2.28. The van der Waals surface area contributed by atoms with Crippen LogP contribution in [0, 0.1) is 0 Å². The number of nitrogens with one attached hydrogen (secondary N) is 1. The summed E-state index contributed by atoms with van der Waals surface area (Å²) in [7, 11) is 0. The molecule has 1 unspecified atom stereocenters. The van der Waals surface area contributed by atoms with E-state index in [9.17, 15) is 14.7 Å². The first-order valence-corrected chi connectivity index (χ1v) is 10.9. The van der Waals surface area contributed by atoms with Crippen LogP contribution >= 0.6 is 0 Å². The lowest BCUT2D eigenvalue weighted by atomic mass is 10.00. The number of carbonyl (C=O) groups excluding carboxylic acids is 1. The van der Waals surface area contributed by atoms with E-state index in [1.54, 1.807) is 6.20 Å². The van der Waals surface area contributed by atoms with Crippen LogP contribution in [-0.4, -0.2) is 33.1 Å². The highest BCUT2D eigenvalue weighted by molar-refractivity contribution is 5.85. The first-order valence-electron chi connectivity index (χ1n) is 10.9. The summed E-state index contributed by atoms with van der Waals surface area (Å²) in [5.74, 6) is -1.08. The maximum atomic E-state index is 13.3. The van der Waals surface area contributed by atoms with E-state index in [1.807, 2.05) is 91.9 Å². The van der Waals surface area contributed by atoms with Gasteiger partial charge in [0.05, 0.1) is 6.04 Å². The molecule has 6 heteroatoms. The molecule has 1 amide bonds. The molecule has 0 radical (unpaired) electrons. The van der Waals surface area contributed by atoms with Crippen molar-refractivity contribution in [2.45, 2.75) is 32.0 Å². The van der Waals surface area contributed by atoms with Gasteiger partial charge in [-0.1, -0.05) is 78.9 Å². The number of fused-ring (bicyclic) bond motifs is 1. The van der Waals surface area contributed by atoms with Crippen molar-refractivity contribution in [3.05, 3.63) is 108 Å². The number of ether oxygens (including phenoxy) is 1. The molecule has 0 spiro atoms. The Bertz CT molecular complexity index is 1220. The lowest BCUT2D eigenvalue weighted by molar-refractivity contribution is -0.143. The molecule has 0 aliphatic heterocycles. The summed E-state index contributed by atoms with van der Waals surface area (Å²) in [4.78, 5) is 30.3. The maximum Gasteiger partial charge on any atom is 0.411 e. The minimum atomic E-state index is -1.11. The van der Waals surface area contributed by atoms with Crippen LogP contribution in [0.25, 0.3) is 10.9 Å². The van der Waals surface area contributed by atoms with Crippen LogP contribution in [0.15, 0.2) is 91.1 Å². The monoisotopic (exact) mass is 442 g/mol. The van der Waals surface area contributed by atoms with Gasteiger partial charge in [-0.3, -0.25) is 4.90 Å². The van der Waals surface area contributed by atoms with Crippen molar-refractivity contribution in [3.8, 4) is 0 Å². The molecule has 168 valence electrons. The molecule has 0 bridgehead atoms. The first-order chi connectivity index (χ1) is 16.0. The molecule has 0 aliphatic carbocycles. The fourth-order valence-electron chi connectivity index (χ4n) is 4.05. The Morgan fingerprint density at radius 1 is 0.939 bits per heavy atom. The zero-order chi connectivity index (χ0) is 23.2. The number of aromatic nitrogens is 1. The van der Waals surface area contributed by atoms with Crippen molar-refractivity contribution in [3.63, 3.8) is 0 Å². The standard InChI is InChI=1S/C27H26N2O4/c1-19(21-12-6-3-7-13-21)29(27(32)33-18-20-10-4-2-5-11-20)25(26(30)31)16-22-17-28-24-15-9-8-14-23(22)24/h2-15,17,19,25,28H,16,18H2,1H3,(H,30,31)/t19?,25-/m0/s1. The lowest BCUT2D eigenvalue weighted by Crippen LogP contribution is -2.47. The number of rotatable bonds is 8. The Morgan fingerprint density at radius 2 is 1.58 bits per heavy atom. The Kier molecular flexibility index (Phi) is 6.74. The Morgan fingerprint density at radius 3 is 2.27 bits per heavy atom. The molecule has 2 atom stereocenters. The summed E-state index contributed by atoms with van der Waals surface area (Å²) in [6.45, 7) is 1.89. The van der Waals surface area contributed by atoms with Gasteiger partial charge in [-0.25, -0.2) is 9.59 Å². The average molecular weight is 443 g/mol. The number of hydrogen-bond acceptors (Lipinski definition) is 3. The summed E-state index contributed by atoms with van der Waals surface area (Å²) < 4.78 is 5.59. The van der Waals surface area contributed by atoms with E-state index in [4.69, 9.17) is 4.74 Å². The second kappa shape index (κ2) is 10.0. The molecule has 0 saturated carbocycles. The fourth-order valence-corrected chi connectivity index (χ4v) is 4.05. The number of hydrogen-bond donors (Lipinski definition) is 2. The molecular formula is C27H26N2O4. The molecule has 6 nitrogen and oxygen atoms in total. The summed E-state index contributed by atoms with van der Waals surface area (Å²) in [5.41, 5.74) is 3.42. The topological polar surface area (TPSA) is 82.6 Å². The largest absolute Gasteiger partial charge is 0.480 e. The third kappa shape index (κ3) is 5.06. The second-order valence-electron chi connectivity index (χ2n) is 7.95. The quantitative estimate of drug-likeness (QED) is 0.374. The molecule has 0 aliphatic rings. The number of H-pyrrole nitrogens is 1. The minimum absolute atomic E-state index is 0.0666. The van der Waals surface area contributed by atoms with Gasteiger partial charge in [-0.2, -0.15) is 0 Å². The zero-order valence-electron chi connectivity index (χ0n) is 18.3. The van der Waals surface area contributed by atoms with E-state index >= 15 is 0 Å².